The van der Waals surface area contributed by atoms with Crippen LogP contribution >= 0.6 is 39.1 Å². The zero-order valence-electron chi connectivity index (χ0n) is 46.2. The molecule has 12 rings (SSSR count). The van der Waals surface area contributed by atoms with Crippen molar-refractivity contribution in [1.29, 1.82) is 0 Å². The average molecular weight is 1410 g/mol. The lowest BCUT2D eigenvalue weighted by Crippen LogP contribution is -2.37. The number of aromatic nitrogens is 16. The van der Waals surface area contributed by atoms with Crippen molar-refractivity contribution >= 4 is 107 Å². The maximum absolute atomic E-state index is 14.2. The number of imidazole rings is 4. The largest absolute Gasteiger partial charge is 0.472 e. The van der Waals surface area contributed by atoms with Crippen LogP contribution in [0.15, 0.2) is 50.6 Å². The van der Waals surface area contributed by atoms with Gasteiger partial charge in [0.05, 0.1) is 51.7 Å². The van der Waals surface area contributed by atoms with E-state index < -0.39 is 164 Å². The molecule has 0 radical (unpaired) electrons. The van der Waals surface area contributed by atoms with Crippen molar-refractivity contribution in [3.8, 4) is 0 Å². The highest BCUT2D eigenvalue weighted by Crippen LogP contribution is 2.55. The Hall–Kier alpha value is -6.37. The SMILES string of the molecule is Nc1ncnc2c1ncn2[C@@H]1O[C@H](COP(=O)(O)O[C@@H]2[C@H](O)[C@@H](COP(=O)(O)O)O[C@H]2n2cnc3c(N)ncnc32)[C@H](O)[C@H]1OP(=O)(O)OC[C@H]1O[C@@H](n2cnc3c(N)ncnc32)[C@H](OP(=O)(O)OC[C@H]2O[C@@H](n3cnc4c(N)ncnc43)[C@H](OP(=O)(O)O)[C@@H]2O)[C@@H]1O. The second-order valence-corrected chi connectivity index (χ2v) is 27.1. The summed E-state index contributed by atoms with van der Waals surface area (Å²) in [5.41, 5.74) is 23.4. The number of aliphatic hydroxyl groups is 4. The van der Waals surface area contributed by atoms with Gasteiger partial charge in [-0.3, -0.25) is 54.5 Å². The molecule has 0 aromatic carbocycles. The van der Waals surface area contributed by atoms with Crippen LogP contribution in [0.5, 0.6) is 0 Å². The molecule has 4 aliphatic rings. The fraction of sp³-hybridized carbons (Fsp3) is 0.500. The van der Waals surface area contributed by atoms with Crippen molar-refractivity contribution < 1.29 is 133 Å². The van der Waals surface area contributed by atoms with Crippen molar-refractivity contribution in [3.05, 3.63) is 50.6 Å². The molecule has 93 heavy (non-hydrogen) atoms. The molecule has 0 bridgehead atoms. The van der Waals surface area contributed by atoms with Gasteiger partial charge < -0.3 is 96.6 Å². The Kier molecular flexibility index (Phi) is 18.1. The number of phosphoric acid groups is 5. The van der Waals surface area contributed by atoms with E-state index in [0.717, 1.165) is 68.9 Å². The number of fused-ring (bicyclic) bond motifs is 4. The van der Waals surface area contributed by atoms with E-state index in [4.69, 9.17) is 73.5 Å². The molecule has 19 N–H and O–H groups in total. The summed E-state index contributed by atoms with van der Waals surface area (Å²) in [5, 5.41) is 46.3. The highest BCUT2D eigenvalue weighted by atomic mass is 31.2. The molecule has 4 aliphatic heterocycles. The second kappa shape index (κ2) is 25.3. The summed E-state index contributed by atoms with van der Waals surface area (Å²) in [5.74, 6) is -0.560. The van der Waals surface area contributed by atoms with Gasteiger partial charge in [-0.15, -0.1) is 0 Å². The van der Waals surface area contributed by atoms with Gasteiger partial charge in [0, 0.05) is 0 Å². The van der Waals surface area contributed by atoms with E-state index in [1.54, 1.807) is 0 Å². The summed E-state index contributed by atoms with van der Waals surface area (Å²) in [6, 6.07) is 0. The summed E-state index contributed by atoms with van der Waals surface area (Å²) in [7, 11) is -27.4. The standard InChI is InChI=1S/C40H51N20O28P5/c41-29-17-33(49-5-45-29)57(9-53-17)37-25(85-90(68,69)70)21(61)14(82-37)2-78-91(71,72)87-27-23(63)16(84-39(27)59-11-55-19-31(43)47-7-51-35(19)59)4-80-93(75,76)88-28-24(64)15(83-40(28)60-12-56-20-32(44)48-8-52-36(20)60)3-79-92(73,74)86-26-22(62)13(1-77-89(65,66)67)81-38(26)58-10-54-18-30(42)46-6-50-34(18)58/h5-16,21-28,37-40,61-64H,1-4H2,(H,71,72)(H,73,74)(H,75,76)(H2,41,45,49)(H2,42,46,50)(H2,43,47,51)(H2,44,48,52)(H2,65,66,67)(H2,68,69,70)/t13-,14-,15-,16-,21-,22-,23-,24+,25-,26-,27-,28-,37-,38-,39-,40-/m1/s1. The molecule has 0 spiro atoms. The van der Waals surface area contributed by atoms with Crippen molar-refractivity contribution in [2.24, 2.45) is 0 Å². The molecule has 53 heteroatoms. The topological polar surface area (TPSA) is 697 Å². The van der Waals surface area contributed by atoms with Crippen LogP contribution in [0.4, 0.5) is 23.3 Å². The van der Waals surface area contributed by atoms with Gasteiger partial charge in [0.1, 0.15) is 121 Å². The van der Waals surface area contributed by atoms with Gasteiger partial charge in [-0.25, -0.2) is 82.6 Å². The minimum atomic E-state index is -5.68. The van der Waals surface area contributed by atoms with Gasteiger partial charge in [0.25, 0.3) is 0 Å². The minimum Gasteiger partial charge on any atom is -0.387 e. The van der Waals surface area contributed by atoms with Crippen LogP contribution in [0.25, 0.3) is 44.7 Å². The maximum atomic E-state index is 14.2. The summed E-state index contributed by atoms with van der Waals surface area (Å²) >= 11 is 0. The van der Waals surface area contributed by atoms with Crippen LogP contribution in [-0.2, 0) is 78.0 Å². The Morgan fingerprint density at radius 2 is 0.591 bits per heavy atom. The van der Waals surface area contributed by atoms with E-state index in [1.165, 1.54) is 0 Å². The molecule has 8 aromatic rings. The number of rotatable bonds is 24. The molecule has 4 fully saturated rings. The number of ether oxygens (including phenoxy) is 4. The van der Waals surface area contributed by atoms with Crippen LogP contribution in [-0.4, -0.2) is 232 Å². The van der Waals surface area contributed by atoms with Gasteiger partial charge in [-0.2, -0.15) is 0 Å². The third kappa shape index (κ3) is 13.6. The van der Waals surface area contributed by atoms with E-state index in [9.17, 15) is 77.5 Å². The number of aliphatic hydroxyl groups excluding tert-OH is 4. The predicted molar refractivity (Wildman–Crippen MR) is 295 cm³/mol. The fourth-order valence-electron chi connectivity index (χ4n) is 10.4. The molecule has 19 atom stereocenters. The Balaban J connectivity index is 0.757. The molecule has 8 aromatic heterocycles. The van der Waals surface area contributed by atoms with Crippen LogP contribution in [0, 0.1) is 0 Å². The number of hydrogen-bond donors (Lipinski definition) is 15. The van der Waals surface area contributed by atoms with Crippen molar-refractivity contribution in [2.75, 3.05) is 49.4 Å². The van der Waals surface area contributed by atoms with Crippen LogP contribution in [0.1, 0.15) is 24.9 Å². The summed E-state index contributed by atoms with van der Waals surface area (Å²) in [6.07, 6.45) is -22.3. The predicted octanol–water partition coefficient (Wildman–Crippen LogP) is -4.20. The first-order chi connectivity index (χ1) is 43.8. The lowest BCUT2D eigenvalue weighted by molar-refractivity contribution is -0.0655. The van der Waals surface area contributed by atoms with Gasteiger partial charge in [-0.1, -0.05) is 0 Å². The first-order valence-electron chi connectivity index (χ1n) is 26.3. The zero-order valence-corrected chi connectivity index (χ0v) is 50.7. The third-order valence-electron chi connectivity index (χ3n) is 14.5. The molecule has 0 saturated carbocycles. The molecule has 12 heterocycles. The number of phosphoric ester groups is 5. The molecular formula is C40H51N20O28P5. The number of hydrogen-bond acceptors (Lipinski definition) is 37. The lowest BCUT2D eigenvalue weighted by Gasteiger charge is -2.25. The highest BCUT2D eigenvalue weighted by Gasteiger charge is 2.56. The van der Waals surface area contributed by atoms with E-state index in [0.29, 0.717) is 0 Å². The first-order valence-corrected chi connectivity index (χ1v) is 33.9. The number of nitrogens with two attached hydrogens (primary N) is 4. The van der Waals surface area contributed by atoms with Crippen LogP contribution in [0.2, 0.25) is 0 Å². The first kappa shape index (κ1) is 66.6. The van der Waals surface area contributed by atoms with E-state index in [2.05, 4.69) is 64.3 Å². The summed E-state index contributed by atoms with van der Waals surface area (Å²) in [6.45, 7) is -4.43. The number of anilines is 4. The Labute approximate surface area is 514 Å². The monoisotopic (exact) mass is 1410 g/mol. The van der Waals surface area contributed by atoms with Crippen LogP contribution < -0.4 is 22.9 Å². The molecule has 0 aliphatic carbocycles. The number of nitrogens with zero attached hydrogens (tertiary/aromatic N) is 16. The minimum absolute atomic E-state index is 0.000116. The zero-order chi connectivity index (χ0) is 66.4. The molecule has 4 saturated heterocycles. The molecule has 3 unspecified atom stereocenters. The molecular weight excluding hydrogens is 1360 g/mol. The maximum Gasteiger partial charge on any atom is 0.472 e. The van der Waals surface area contributed by atoms with E-state index in [1.807, 2.05) is 0 Å². The molecule has 0 amide bonds. The normalized spacial score (nSPS) is 30.7. The van der Waals surface area contributed by atoms with E-state index >= 15 is 0 Å². The highest BCUT2D eigenvalue weighted by molar-refractivity contribution is 7.48. The lowest BCUT2D eigenvalue weighted by atomic mass is 10.1. The number of nitrogen functional groups attached to an aromatic ring is 4. The Morgan fingerprint density at radius 1 is 0.355 bits per heavy atom. The Morgan fingerprint density at radius 3 is 0.828 bits per heavy atom. The smallest absolute Gasteiger partial charge is 0.387 e. The fourth-order valence-corrected chi connectivity index (χ4v) is 14.1. The Bertz CT molecular complexity index is 4350. The molecule has 504 valence electrons. The third-order valence-corrected chi connectivity index (χ3v) is 18.5. The van der Waals surface area contributed by atoms with Crippen LogP contribution in [0.3, 0.4) is 0 Å². The average Bonchev–Trinajstić information content (AvgIpc) is 1.64. The van der Waals surface area contributed by atoms with E-state index in [-0.39, 0.29) is 67.9 Å². The van der Waals surface area contributed by atoms with Crippen molar-refractivity contribution in [2.45, 2.75) is 98.2 Å². The summed E-state index contributed by atoms with van der Waals surface area (Å²) in [4.78, 5) is 120. The molecule has 48 nitrogen and oxygen atoms in total. The summed E-state index contributed by atoms with van der Waals surface area (Å²) < 4.78 is 135. The van der Waals surface area contributed by atoms with Crippen molar-refractivity contribution in [1.82, 2.24) is 78.1 Å². The quantitative estimate of drug-likeness (QED) is 0.0255. The second-order valence-electron chi connectivity index (χ2n) is 20.4. The van der Waals surface area contributed by atoms with Gasteiger partial charge in [-0.05, 0) is 0 Å². The van der Waals surface area contributed by atoms with Crippen molar-refractivity contribution in [3.63, 3.8) is 0 Å². The van der Waals surface area contributed by atoms with Gasteiger partial charge in [0.2, 0.25) is 0 Å². The van der Waals surface area contributed by atoms with Gasteiger partial charge in [0.15, 0.2) is 70.8 Å². The van der Waals surface area contributed by atoms with Gasteiger partial charge >= 0.3 is 39.1 Å².